The summed E-state index contributed by atoms with van der Waals surface area (Å²) in [4.78, 5) is 6.73. The van der Waals surface area contributed by atoms with Gasteiger partial charge >= 0.3 is 0 Å². The van der Waals surface area contributed by atoms with Crippen molar-refractivity contribution in [3.05, 3.63) is 85.2 Å². The van der Waals surface area contributed by atoms with Crippen molar-refractivity contribution in [2.75, 3.05) is 0 Å². The van der Waals surface area contributed by atoms with Crippen molar-refractivity contribution >= 4 is 21.8 Å². The molecule has 2 nitrogen and oxygen atoms in total. The monoisotopic (exact) mass is 308 g/mol. The van der Waals surface area contributed by atoms with Crippen molar-refractivity contribution in [1.82, 2.24) is 9.97 Å². The SMILES string of the molecule is c1cc(-c2cccc3cc[nH]c23)cc(-c2cccc3cc[nH]c23)c1. The van der Waals surface area contributed by atoms with Crippen LogP contribution in [0.15, 0.2) is 85.2 Å². The number of para-hydroxylation sites is 2. The normalized spacial score (nSPS) is 11.3. The van der Waals surface area contributed by atoms with Crippen molar-refractivity contribution in [2.45, 2.75) is 0 Å². The number of fused-ring (bicyclic) bond motifs is 2. The third-order valence-corrected chi connectivity index (χ3v) is 4.66. The Bertz CT molecular complexity index is 1070. The molecule has 0 fully saturated rings. The summed E-state index contributed by atoms with van der Waals surface area (Å²) in [6.07, 6.45) is 4.00. The molecule has 0 unspecified atom stereocenters. The van der Waals surface area contributed by atoms with Gasteiger partial charge in [-0.2, -0.15) is 0 Å². The van der Waals surface area contributed by atoms with Crippen LogP contribution in [0, 0.1) is 0 Å². The van der Waals surface area contributed by atoms with Crippen LogP contribution < -0.4 is 0 Å². The van der Waals surface area contributed by atoms with Crippen molar-refractivity contribution < 1.29 is 0 Å². The van der Waals surface area contributed by atoms with Crippen LogP contribution in [0.5, 0.6) is 0 Å². The van der Waals surface area contributed by atoms with E-state index in [9.17, 15) is 0 Å². The number of nitrogens with one attached hydrogen (secondary N) is 2. The molecule has 0 bridgehead atoms. The maximum Gasteiger partial charge on any atom is 0.0533 e. The van der Waals surface area contributed by atoms with Crippen LogP contribution in [0.25, 0.3) is 44.1 Å². The molecular weight excluding hydrogens is 292 g/mol. The van der Waals surface area contributed by atoms with E-state index in [2.05, 4.69) is 82.8 Å². The van der Waals surface area contributed by atoms with Crippen molar-refractivity contribution in [1.29, 1.82) is 0 Å². The fourth-order valence-corrected chi connectivity index (χ4v) is 3.51. The average molecular weight is 308 g/mol. The van der Waals surface area contributed by atoms with E-state index >= 15 is 0 Å². The molecule has 0 aliphatic rings. The fraction of sp³-hybridized carbons (Fsp3) is 0. The summed E-state index contributed by atoms with van der Waals surface area (Å²) < 4.78 is 0. The number of hydrogen-bond donors (Lipinski definition) is 2. The van der Waals surface area contributed by atoms with Gasteiger partial charge in [0.25, 0.3) is 0 Å². The highest BCUT2D eigenvalue weighted by molar-refractivity contribution is 5.97. The highest BCUT2D eigenvalue weighted by Gasteiger charge is 2.08. The van der Waals surface area contributed by atoms with E-state index in [-0.39, 0.29) is 0 Å². The van der Waals surface area contributed by atoms with Crippen LogP contribution in [0.2, 0.25) is 0 Å². The molecule has 0 saturated heterocycles. The Kier molecular flexibility index (Phi) is 2.83. The second kappa shape index (κ2) is 5.14. The molecule has 0 aliphatic carbocycles. The molecule has 0 atom stereocenters. The topological polar surface area (TPSA) is 31.6 Å². The van der Waals surface area contributed by atoms with E-state index in [1.165, 1.54) is 44.1 Å². The lowest BCUT2D eigenvalue weighted by atomic mass is 9.97. The highest BCUT2D eigenvalue weighted by Crippen LogP contribution is 2.33. The molecule has 0 saturated carbocycles. The third-order valence-electron chi connectivity index (χ3n) is 4.66. The number of rotatable bonds is 2. The summed E-state index contributed by atoms with van der Waals surface area (Å²) in [5.41, 5.74) is 7.30. The van der Waals surface area contributed by atoms with E-state index in [4.69, 9.17) is 0 Å². The zero-order valence-corrected chi connectivity index (χ0v) is 13.1. The molecule has 2 heteroatoms. The minimum Gasteiger partial charge on any atom is -0.361 e. The van der Waals surface area contributed by atoms with Crippen LogP contribution >= 0.6 is 0 Å². The number of aromatic amines is 2. The lowest BCUT2D eigenvalue weighted by molar-refractivity contribution is 1.47. The van der Waals surface area contributed by atoms with Crippen molar-refractivity contribution in [2.24, 2.45) is 0 Å². The molecule has 114 valence electrons. The Labute approximate surface area is 139 Å². The van der Waals surface area contributed by atoms with Gasteiger partial charge in [0, 0.05) is 23.5 Å². The molecule has 0 aliphatic heterocycles. The predicted octanol–water partition coefficient (Wildman–Crippen LogP) is 5.98. The Balaban J connectivity index is 1.72. The van der Waals surface area contributed by atoms with Gasteiger partial charge < -0.3 is 9.97 Å². The van der Waals surface area contributed by atoms with E-state index in [0.29, 0.717) is 0 Å². The molecule has 2 aromatic heterocycles. The summed E-state index contributed by atoms with van der Waals surface area (Å²) in [6, 6.07) is 25.8. The zero-order chi connectivity index (χ0) is 15.9. The van der Waals surface area contributed by atoms with Gasteiger partial charge in [0.2, 0.25) is 0 Å². The van der Waals surface area contributed by atoms with Crippen LogP contribution in [0.3, 0.4) is 0 Å². The molecule has 2 heterocycles. The van der Waals surface area contributed by atoms with Gasteiger partial charge in [-0.05, 0) is 40.1 Å². The summed E-state index contributed by atoms with van der Waals surface area (Å²) in [6.45, 7) is 0. The maximum atomic E-state index is 3.37. The largest absolute Gasteiger partial charge is 0.361 e. The van der Waals surface area contributed by atoms with Crippen LogP contribution in [-0.4, -0.2) is 9.97 Å². The molecule has 0 amide bonds. The van der Waals surface area contributed by atoms with Gasteiger partial charge in [-0.3, -0.25) is 0 Å². The van der Waals surface area contributed by atoms with E-state index in [0.717, 1.165) is 0 Å². The number of aromatic nitrogens is 2. The molecule has 5 rings (SSSR count). The molecule has 5 aromatic rings. The van der Waals surface area contributed by atoms with Gasteiger partial charge in [-0.1, -0.05) is 54.6 Å². The molecule has 0 radical (unpaired) electrons. The first kappa shape index (κ1) is 13.2. The Morgan fingerprint density at radius 3 is 1.54 bits per heavy atom. The number of hydrogen-bond acceptors (Lipinski definition) is 0. The molecule has 2 N–H and O–H groups in total. The summed E-state index contributed by atoms with van der Waals surface area (Å²) in [5.74, 6) is 0. The summed E-state index contributed by atoms with van der Waals surface area (Å²) >= 11 is 0. The quantitative estimate of drug-likeness (QED) is 0.402. The van der Waals surface area contributed by atoms with Gasteiger partial charge in [0.05, 0.1) is 11.0 Å². The lowest BCUT2D eigenvalue weighted by Crippen LogP contribution is -1.84. The Hall–Kier alpha value is -3.26. The standard InChI is InChI=1S/C22H16N2/c1-6-17(19-8-2-4-15-10-12-23-21(15)19)14-18(7-1)20-9-3-5-16-11-13-24-22(16)20/h1-14,23-24H. The lowest BCUT2D eigenvalue weighted by Gasteiger charge is -2.08. The number of H-pyrrole nitrogens is 2. The Morgan fingerprint density at radius 2 is 1.00 bits per heavy atom. The van der Waals surface area contributed by atoms with Gasteiger partial charge in [0.1, 0.15) is 0 Å². The summed E-state index contributed by atoms with van der Waals surface area (Å²) in [5, 5.41) is 2.48. The summed E-state index contributed by atoms with van der Waals surface area (Å²) in [7, 11) is 0. The second-order valence-corrected chi connectivity index (χ2v) is 6.08. The van der Waals surface area contributed by atoms with Gasteiger partial charge in [-0.15, -0.1) is 0 Å². The van der Waals surface area contributed by atoms with E-state index < -0.39 is 0 Å². The third kappa shape index (κ3) is 1.97. The first-order valence-corrected chi connectivity index (χ1v) is 8.13. The van der Waals surface area contributed by atoms with Crippen molar-refractivity contribution in [3.63, 3.8) is 0 Å². The van der Waals surface area contributed by atoms with E-state index in [1.54, 1.807) is 0 Å². The first-order valence-electron chi connectivity index (χ1n) is 8.13. The smallest absolute Gasteiger partial charge is 0.0533 e. The molecule has 24 heavy (non-hydrogen) atoms. The first-order chi connectivity index (χ1) is 11.9. The minimum absolute atomic E-state index is 1.19. The fourth-order valence-electron chi connectivity index (χ4n) is 3.51. The van der Waals surface area contributed by atoms with Gasteiger partial charge in [-0.25, -0.2) is 0 Å². The van der Waals surface area contributed by atoms with Crippen LogP contribution in [0.4, 0.5) is 0 Å². The molecule has 3 aromatic carbocycles. The van der Waals surface area contributed by atoms with Crippen LogP contribution in [0.1, 0.15) is 0 Å². The van der Waals surface area contributed by atoms with Crippen molar-refractivity contribution in [3.8, 4) is 22.3 Å². The van der Waals surface area contributed by atoms with Gasteiger partial charge in [0.15, 0.2) is 0 Å². The second-order valence-electron chi connectivity index (χ2n) is 6.08. The molecule has 0 spiro atoms. The van der Waals surface area contributed by atoms with Crippen LogP contribution in [-0.2, 0) is 0 Å². The predicted molar refractivity (Wildman–Crippen MR) is 101 cm³/mol. The highest BCUT2D eigenvalue weighted by atomic mass is 14.7. The average Bonchev–Trinajstić information content (AvgIpc) is 3.30. The zero-order valence-electron chi connectivity index (χ0n) is 13.1. The molecular formula is C22H16N2. The van der Waals surface area contributed by atoms with E-state index in [1.807, 2.05) is 12.4 Å². The Morgan fingerprint density at radius 1 is 0.500 bits per heavy atom. The number of benzene rings is 3. The minimum atomic E-state index is 1.19. The maximum absolute atomic E-state index is 3.37.